The summed E-state index contributed by atoms with van der Waals surface area (Å²) in [4.78, 5) is 23.6. The summed E-state index contributed by atoms with van der Waals surface area (Å²) < 4.78 is 1.74. The summed E-state index contributed by atoms with van der Waals surface area (Å²) in [5.74, 6) is 1.11. The first-order chi connectivity index (χ1) is 9.04. The molecule has 0 aliphatic carbocycles. The van der Waals surface area contributed by atoms with Gasteiger partial charge in [0.1, 0.15) is 6.04 Å². The molecule has 0 aromatic heterocycles. The average Bonchev–Trinajstić information content (AvgIpc) is 2.52. The number of nitrogens with one attached hydrogen (secondary N) is 2. The highest BCUT2D eigenvalue weighted by Crippen LogP contribution is 2.23. The Kier molecular flexibility index (Phi) is 5.29. The van der Waals surface area contributed by atoms with Crippen molar-refractivity contribution < 1.29 is 9.59 Å². The molecule has 4 nitrogen and oxygen atoms in total. The SMILES string of the molecule is O=C1CCSC[C@H](C(=O)Nc2cc(Br)cc(Br)c2)N1. The number of hydrogen-bond acceptors (Lipinski definition) is 3. The fourth-order valence-corrected chi connectivity index (χ4v) is 3.93. The number of carbonyl (C=O) groups excluding carboxylic acids is 2. The zero-order valence-corrected chi connectivity index (χ0v) is 13.9. The largest absolute Gasteiger partial charge is 0.343 e. The second-order valence-electron chi connectivity index (χ2n) is 4.09. The third-order valence-corrected chi connectivity index (χ3v) is 4.52. The van der Waals surface area contributed by atoms with Crippen LogP contribution >= 0.6 is 43.6 Å². The van der Waals surface area contributed by atoms with Gasteiger partial charge in [0.15, 0.2) is 0 Å². The quantitative estimate of drug-likeness (QED) is 0.792. The van der Waals surface area contributed by atoms with Crippen LogP contribution in [0.15, 0.2) is 27.1 Å². The van der Waals surface area contributed by atoms with E-state index in [4.69, 9.17) is 0 Å². The number of thioether (sulfide) groups is 1. The second-order valence-corrected chi connectivity index (χ2v) is 7.07. The molecule has 0 spiro atoms. The van der Waals surface area contributed by atoms with Gasteiger partial charge >= 0.3 is 0 Å². The highest BCUT2D eigenvalue weighted by molar-refractivity contribution is 9.11. The first-order valence-corrected chi connectivity index (χ1v) is 8.43. The lowest BCUT2D eigenvalue weighted by atomic mass is 10.2. The first kappa shape index (κ1) is 14.9. The van der Waals surface area contributed by atoms with Gasteiger partial charge in [0.2, 0.25) is 11.8 Å². The maximum absolute atomic E-state index is 12.1. The van der Waals surface area contributed by atoms with Crippen LogP contribution in [0.1, 0.15) is 6.42 Å². The van der Waals surface area contributed by atoms with Gasteiger partial charge in [0.25, 0.3) is 0 Å². The molecule has 1 aliphatic rings. The smallest absolute Gasteiger partial charge is 0.247 e. The van der Waals surface area contributed by atoms with Crippen LogP contribution in [0, 0.1) is 0 Å². The van der Waals surface area contributed by atoms with Gasteiger partial charge in [-0.1, -0.05) is 31.9 Å². The van der Waals surface area contributed by atoms with Crippen molar-refractivity contribution in [2.45, 2.75) is 12.5 Å². The Labute approximate surface area is 132 Å². The van der Waals surface area contributed by atoms with Gasteiger partial charge in [-0.3, -0.25) is 9.59 Å². The molecule has 1 fully saturated rings. The number of hydrogen-bond donors (Lipinski definition) is 2. The Morgan fingerprint density at radius 3 is 2.68 bits per heavy atom. The molecule has 1 saturated heterocycles. The van der Waals surface area contributed by atoms with Gasteiger partial charge in [-0.15, -0.1) is 0 Å². The van der Waals surface area contributed by atoms with E-state index in [0.29, 0.717) is 17.9 Å². The van der Waals surface area contributed by atoms with Crippen molar-refractivity contribution in [1.82, 2.24) is 5.32 Å². The van der Waals surface area contributed by atoms with Crippen LogP contribution in [0.2, 0.25) is 0 Å². The van der Waals surface area contributed by atoms with Gasteiger partial charge in [-0.2, -0.15) is 11.8 Å². The van der Waals surface area contributed by atoms with Crippen molar-refractivity contribution in [3.8, 4) is 0 Å². The Balaban J connectivity index is 2.05. The molecular weight excluding hydrogens is 396 g/mol. The summed E-state index contributed by atoms with van der Waals surface area (Å²) >= 11 is 8.34. The second kappa shape index (κ2) is 6.76. The summed E-state index contributed by atoms with van der Waals surface area (Å²) in [6, 6.07) is 5.04. The number of anilines is 1. The van der Waals surface area contributed by atoms with Gasteiger partial charge in [-0.25, -0.2) is 0 Å². The van der Waals surface area contributed by atoms with Crippen LogP contribution in [-0.4, -0.2) is 29.4 Å². The molecule has 1 aromatic rings. The molecular formula is C12H12Br2N2O2S. The van der Waals surface area contributed by atoms with E-state index in [1.807, 2.05) is 18.2 Å². The fraction of sp³-hybridized carbons (Fsp3) is 0.333. The summed E-state index contributed by atoms with van der Waals surface area (Å²) in [6.45, 7) is 0. The first-order valence-electron chi connectivity index (χ1n) is 5.68. The topological polar surface area (TPSA) is 58.2 Å². The van der Waals surface area contributed by atoms with Gasteiger partial charge in [0, 0.05) is 32.6 Å². The van der Waals surface area contributed by atoms with E-state index >= 15 is 0 Å². The lowest BCUT2D eigenvalue weighted by molar-refractivity contribution is -0.125. The molecule has 1 atom stereocenters. The monoisotopic (exact) mass is 406 g/mol. The van der Waals surface area contributed by atoms with Crippen molar-refractivity contribution in [2.24, 2.45) is 0 Å². The Bertz CT molecular complexity index is 490. The molecule has 1 heterocycles. The molecule has 0 radical (unpaired) electrons. The summed E-state index contributed by atoms with van der Waals surface area (Å²) in [6.07, 6.45) is 0.469. The van der Waals surface area contributed by atoms with Crippen LogP contribution in [-0.2, 0) is 9.59 Å². The zero-order chi connectivity index (χ0) is 13.8. The van der Waals surface area contributed by atoms with Crippen molar-refractivity contribution in [1.29, 1.82) is 0 Å². The van der Waals surface area contributed by atoms with E-state index in [0.717, 1.165) is 14.7 Å². The minimum Gasteiger partial charge on any atom is -0.343 e. The van der Waals surface area contributed by atoms with Crippen molar-refractivity contribution >= 4 is 61.1 Å². The third kappa shape index (κ3) is 4.50. The third-order valence-electron chi connectivity index (χ3n) is 2.54. The van der Waals surface area contributed by atoms with E-state index < -0.39 is 6.04 Å². The molecule has 19 heavy (non-hydrogen) atoms. The Morgan fingerprint density at radius 1 is 1.32 bits per heavy atom. The molecule has 102 valence electrons. The number of rotatable bonds is 2. The van der Waals surface area contributed by atoms with Crippen LogP contribution in [0.5, 0.6) is 0 Å². The number of benzene rings is 1. The zero-order valence-electron chi connectivity index (χ0n) is 9.91. The fourth-order valence-electron chi connectivity index (χ4n) is 1.67. The van der Waals surface area contributed by atoms with Gasteiger partial charge in [0.05, 0.1) is 0 Å². The molecule has 7 heteroatoms. The summed E-state index contributed by atoms with van der Waals surface area (Å²) in [7, 11) is 0. The maximum Gasteiger partial charge on any atom is 0.247 e. The molecule has 0 saturated carbocycles. The normalized spacial score (nSPS) is 19.5. The number of amides is 2. The Hall–Kier alpha value is -0.530. The van der Waals surface area contributed by atoms with Crippen molar-refractivity contribution in [3.63, 3.8) is 0 Å². The molecule has 1 aliphatic heterocycles. The molecule has 2 amide bonds. The average molecular weight is 408 g/mol. The standard InChI is InChI=1S/C12H12Br2N2O2S/c13-7-3-8(14)5-9(4-7)15-12(18)10-6-19-2-1-11(17)16-10/h3-5,10H,1-2,6H2,(H,15,18)(H,16,17)/t10-/m1/s1. The molecule has 1 aromatic carbocycles. The predicted molar refractivity (Wildman–Crippen MR) is 84.3 cm³/mol. The highest BCUT2D eigenvalue weighted by Gasteiger charge is 2.23. The van der Waals surface area contributed by atoms with Gasteiger partial charge in [-0.05, 0) is 18.2 Å². The van der Waals surface area contributed by atoms with E-state index in [1.54, 1.807) is 11.8 Å². The number of carbonyl (C=O) groups is 2. The predicted octanol–water partition coefficient (Wildman–Crippen LogP) is 2.77. The summed E-state index contributed by atoms with van der Waals surface area (Å²) in [5.41, 5.74) is 0.690. The van der Waals surface area contributed by atoms with Crippen LogP contribution in [0.25, 0.3) is 0 Å². The van der Waals surface area contributed by atoms with Gasteiger partial charge < -0.3 is 10.6 Å². The van der Waals surface area contributed by atoms with Crippen LogP contribution < -0.4 is 10.6 Å². The van der Waals surface area contributed by atoms with E-state index in [1.165, 1.54) is 0 Å². The number of halogens is 2. The lowest BCUT2D eigenvalue weighted by Gasteiger charge is -2.15. The maximum atomic E-state index is 12.1. The minimum absolute atomic E-state index is 0.0689. The van der Waals surface area contributed by atoms with Crippen molar-refractivity contribution in [3.05, 3.63) is 27.1 Å². The molecule has 0 unspecified atom stereocenters. The lowest BCUT2D eigenvalue weighted by Crippen LogP contribution is -2.44. The Morgan fingerprint density at radius 2 is 2.00 bits per heavy atom. The van der Waals surface area contributed by atoms with Crippen molar-refractivity contribution in [2.75, 3.05) is 16.8 Å². The van der Waals surface area contributed by atoms with E-state index in [-0.39, 0.29) is 11.8 Å². The minimum atomic E-state index is -0.474. The van der Waals surface area contributed by atoms with Crippen LogP contribution in [0.4, 0.5) is 5.69 Å². The summed E-state index contributed by atoms with van der Waals surface area (Å²) in [5, 5.41) is 5.55. The van der Waals surface area contributed by atoms with Crippen LogP contribution in [0.3, 0.4) is 0 Å². The van der Waals surface area contributed by atoms with E-state index in [2.05, 4.69) is 42.5 Å². The van der Waals surface area contributed by atoms with E-state index in [9.17, 15) is 9.59 Å². The molecule has 2 N–H and O–H groups in total. The molecule has 2 rings (SSSR count). The molecule has 0 bridgehead atoms. The highest BCUT2D eigenvalue weighted by atomic mass is 79.9.